The van der Waals surface area contributed by atoms with Crippen molar-refractivity contribution in [3.8, 4) is 11.5 Å². The minimum atomic E-state index is -0.211. The van der Waals surface area contributed by atoms with Crippen molar-refractivity contribution < 1.29 is 19.1 Å². The molecule has 0 fully saturated rings. The molecule has 0 unspecified atom stereocenters. The molecule has 0 aliphatic carbocycles. The average molecular weight is 439 g/mol. The van der Waals surface area contributed by atoms with Crippen LogP contribution in [0.15, 0.2) is 66.4 Å². The summed E-state index contributed by atoms with van der Waals surface area (Å²) in [5.41, 5.74) is 2.38. The van der Waals surface area contributed by atoms with Crippen LogP contribution in [0, 0.1) is 6.92 Å². The molecule has 30 heavy (non-hydrogen) atoms. The number of allylic oxidation sites excluding steroid dienone is 1. The maximum absolute atomic E-state index is 12.7. The van der Waals surface area contributed by atoms with Crippen LogP contribution in [0.25, 0.3) is 6.08 Å². The summed E-state index contributed by atoms with van der Waals surface area (Å²) < 4.78 is 11.5. The maximum Gasteiger partial charge on any atom is 0.231 e. The molecular formula is C24H16Cl2O4. The fourth-order valence-corrected chi connectivity index (χ4v) is 3.46. The van der Waals surface area contributed by atoms with E-state index in [9.17, 15) is 9.59 Å². The van der Waals surface area contributed by atoms with Crippen molar-refractivity contribution in [3.05, 3.63) is 98.7 Å². The Hall–Kier alpha value is -3.08. The summed E-state index contributed by atoms with van der Waals surface area (Å²) in [7, 11) is 0. The molecule has 0 saturated heterocycles. The van der Waals surface area contributed by atoms with Gasteiger partial charge >= 0.3 is 0 Å². The monoisotopic (exact) mass is 438 g/mol. The highest BCUT2D eigenvalue weighted by Gasteiger charge is 2.30. The van der Waals surface area contributed by atoms with Crippen molar-refractivity contribution >= 4 is 40.8 Å². The van der Waals surface area contributed by atoms with Gasteiger partial charge in [-0.3, -0.25) is 9.59 Å². The molecule has 4 nitrogen and oxygen atoms in total. The Morgan fingerprint density at radius 1 is 1.03 bits per heavy atom. The van der Waals surface area contributed by atoms with Crippen molar-refractivity contribution in [2.24, 2.45) is 0 Å². The van der Waals surface area contributed by atoms with Crippen LogP contribution in [0.1, 0.15) is 31.8 Å². The number of halogens is 2. The molecule has 0 aromatic heterocycles. The molecule has 0 atom stereocenters. The van der Waals surface area contributed by atoms with Crippen LogP contribution in [0.3, 0.4) is 0 Å². The van der Waals surface area contributed by atoms with Gasteiger partial charge in [-0.05, 0) is 67.1 Å². The normalized spacial score (nSPS) is 13.8. The third-order valence-corrected chi connectivity index (χ3v) is 5.20. The van der Waals surface area contributed by atoms with Crippen molar-refractivity contribution in [2.75, 3.05) is 6.61 Å². The number of ether oxygens (including phenoxy) is 2. The SMILES string of the molecule is Cc1c(OCC(=O)c2ccc(Cl)cc2)ccc2c1O/C(=C\c1cccc(Cl)c1)C2=O. The predicted molar refractivity (Wildman–Crippen MR) is 117 cm³/mol. The van der Waals surface area contributed by atoms with E-state index in [0.717, 1.165) is 5.56 Å². The molecule has 0 saturated carbocycles. The zero-order valence-electron chi connectivity index (χ0n) is 15.9. The van der Waals surface area contributed by atoms with E-state index in [0.29, 0.717) is 38.2 Å². The number of carbonyl (C=O) groups excluding carboxylic acids is 2. The zero-order valence-corrected chi connectivity index (χ0v) is 17.5. The second-order valence-corrected chi connectivity index (χ2v) is 7.65. The van der Waals surface area contributed by atoms with E-state index in [1.807, 2.05) is 6.07 Å². The smallest absolute Gasteiger partial charge is 0.231 e. The number of ketones is 2. The van der Waals surface area contributed by atoms with Crippen LogP contribution in [-0.2, 0) is 0 Å². The summed E-state index contributed by atoms with van der Waals surface area (Å²) >= 11 is 11.9. The fraction of sp³-hybridized carbons (Fsp3) is 0.0833. The third kappa shape index (κ3) is 4.11. The first kappa shape index (κ1) is 20.2. The molecule has 0 amide bonds. The van der Waals surface area contributed by atoms with Gasteiger partial charge in [0.05, 0.1) is 5.56 Å². The Labute approximate surface area is 183 Å². The van der Waals surface area contributed by atoms with Gasteiger partial charge in [0.15, 0.2) is 18.1 Å². The molecule has 0 spiro atoms. The van der Waals surface area contributed by atoms with E-state index in [-0.39, 0.29) is 23.9 Å². The molecule has 4 rings (SSSR count). The Morgan fingerprint density at radius 3 is 2.53 bits per heavy atom. The number of carbonyl (C=O) groups is 2. The topological polar surface area (TPSA) is 52.6 Å². The number of hydrogen-bond donors (Lipinski definition) is 0. The summed E-state index contributed by atoms with van der Waals surface area (Å²) in [6.07, 6.45) is 1.65. The average Bonchev–Trinajstić information content (AvgIpc) is 3.04. The second kappa shape index (κ2) is 8.34. The van der Waals surface area contributed by atoms with Gasteiger partial charge in [0, 0.05) is 21.2 Å². The highest BCUT2D eigenvalue weighted by Crippen LogP contribution is 2.39. The van der Waals surface area contributed by atoms with E-state index in [2.05, 4.69) is 0 Å². The summed E-state index contributed by atoms with van der Waals surface area (Å²) in [5.74, 6) is 0.740. The van der Waals surface area contributed by atoms with Gasteiger partial charge in [-0.1, -0.05) is 35.3 Å². The Kier molecular flexibility index (Phi) is 5.62. The molecule has 3 aromatic rings. The standard InChI is InChI=1S/C24H16Cl2O4/c1-14-21(29-13-20(27)16-5-7-17(25)8-6-16)10-9-19-23(28)22(30-24(14)19)12-15-3-2-4-18(26)11-15/h2-12H,13H2,1H3/b22-12-. The Bertz CT molecular complexity index is 1180. The summed E-state index contributed by atoms with van der Waals surface area (Å²) in [4.78, 5) is 25.0. The summed E-state index contributed by atoms with van der Waals surface area (Å²) in [5, 5.41) is 1.13. The lowest BCUT2D eigenvalue weighted by atomic mass is 10.1. The van der Waals surface area contributed by atoms with Gasteiger partial charge in [0.25, 0.3) is 0 Å². The largest absolute Gasteiger partial charge is 0.485 e. The molecule has 0 radical (unpaired) electrons. The molecule has 1 heterocycles. The fourth-order valence-electron chi connectivity index (χ4n) is 3.13. The van der Waals surface area contributed by atoms with Crippen LogP contribution < -0.4 is 9.47 Å². The van der Waals surface area contributed by atoms with Crippen LogP contribution >= 0.6 is 23.2 Å². The van der Waals surface area contributed by atoms with Gasteiger partial charge in [-0.15, -0.1) is 0 Å². The lowest BCUT2D eigenvalue weighted by Gasteiger charge is -2.11. The van der Waals surface area contributed by atoms with Crippen molar-refractivity contribution in [1.82, 2.24) is 0 Å². The van der Waals surface area contributed by atoms with E-state index in [4.69, 9.17) is 32.7 Å². The maximum atomic E-state index is 12.7. The zero-order chi connectivity index (χ0) is 21.3. The first-order valence-corrected chi connectivity index (χ1v) is 9.93. The second-order valence-electron chi connectivity index (χ2n) is 6.78. The molecule has 3 aromatic carbocycles. The number of Topliss-reactive ketones (excluding diaryl/α,β-unsaturated/α-hetero) is 2. The van der Waals surface area contributed by atoms with Gasteiger partial charge in [0.1, 0.15) is 11.5 Å². The number of fused-ring (bicyclic) bond motifs is 1. The minimum Gasteiger partial charge on any atom is -0.485 e. The Morgan fingerprint density at radius 2 is 1.80 bits per heavy atom. The number of benzene rings is 3. The number of hydrogen-bond acceptors (Lipinski definition) is 4. The van der Waals surface area contributed by atoms with Crippen LogP contribution in [0.2, 0.25) is 10.0 Å². The lowest BCUT2D eigenvalue weighted by Crippen LogP contribution is -2.12. The van der Waals surface area contributed by atoms with Gasteiger partial charge in [-0.25, -0.2) is 0 Å². The highest BCUT2D eigenvalue weighted by atomic mass is 35.5. The molecule has 1 aliphatic rings. The molecule has 0 bridgehead atoms. The van der Waals surface area contributed by atoms with Gasteiger partial charge in [0.2, 0.25) is 5.78 Å². The summed E-state index contributed by atoms with van der Waals surface area (Å²) in [6.45, 7) is 1.65. The predicted octanol–water partition coefficient (Wildman–Crippen LogP) is 6.18. The van der Waals surface area contributed by atoms with Crippen LogP contribution in [-0.4, -0.2) is 18.2 Å². The molecular weight excluding hydrogens is 423 g/mol. The molecule has 6 heteroatoms. The molecule has 0 N–H and O–H groups in total. The lowest BCUT2D eigenvalue weighted by molar-refractivity contribution is 0.0920. The first-order valence-electron chi connectivity index (χ1n) is 9.17. The summed E-state index contributed by atoms with van der Waals surface area (Å²) in [6, 6.07) is 17.1. The van der Waals surface area contributed by atoms with Crippen LogP contribution in [0.5, 0.6) is 11.5 Å². The van der Waals surface area contributed by atoms with Crippen molar-refractivity contribution in [1.29, 1.82) is 0 Å². The minimum absolute atomic E-state index is 0.138. The van der Waals surface area contributed by atoms with Gasteiger partial charge in [-0.2, -0.15) is 0 Å². The Balaban J connectivity index is 1.53. The van der Waals surface area contributed by atoms with Gasteiger partial charge < -0.3 is 9.47 Å². The molecule has 1 aliphatic heterocycles. The first-order chi connectivity index (χ1) is 14.4. The van der Waals surface area contributed by atoms with Crippen molar-refractivity contribution in [3.63, 3.8) is 0 Å². The molecule has 150 valence electrons. The quantitative estimate of drug-likeness (QED) is 0.352. The highest BCUT2D eigenvalue weighted by molar-refractivity contribution is 6.31. The van der Waals surface area contributed by atoms with Crippen molar-refractivity contribution in [2.45, 2.75) is 6.92 Å². The van der Waals surface area contributed by atoms with E-state index in [1.165, 1.54) is 0 Å². The van der Waals surface area contributed by atoms with Crippen LogP contribution in [0.4, 0.5) is 0 Å². The van der Waals surface area contributed by atoms with E-state index in [1.54, 1.807) is 67.6 Å². The van der Waals surface area contributed by atoms with E-state index < -0.39 is 0 Å². The van der Waals surface area contributed by atoms with E-state index >= 15 is 0 Å². The third-order valence-electron chi connectivity index (χ3n) is 4.71. The number of rotatable bonds is 5.